The van der Waals surface area contributed by atoms with Crippen molar-refractivity contribution in [3.63, 3.8) is 0 Å². The van der Waals surface area contributed by atoms with E-state index in [4.69, 9.17) is 13.1 Å². The van der Waals surface area contributed by atoms with E-state index in [1.54, 1.807) is 12.1 Å². The molecule has 0 N–H and O–H groups in total. The third-order valence-corrected chi connectivity index (χ3v) is 8.62. The quantitative estimate of drug-likeness (QED) is 0.116. The molecule has 0 radical (unpaired) electrons. The molecule has 0 saturated carbocycles. The third-order valence-electron chi connectivity index (χ3n) is 8.62. The molecule has 268 valence electrons. The molecule has 4 aromatic carbocycles. The normalized spacial score (nSPS) is 15.7. The lowest BCUT2D eigenvalue weighted by Gasteiger charge is -2.17. The van der Waals surface area contributed by atoms with E-state index in [9.17, 15) is 63.2 Å². The van der Waals surface area contributed by atoms with Crippen LogP contribution in [0.15, 0.2) is 84.2 Å². The number of fused-ring (bicyclic) bond motifs is 4. The molecule has 0 aromatic heterocycles. The van der Waals surface area contributed by atoms with Gasteiger partial charge in [0.15, 0.2) is 0 Å². The molecule has 0 amide bonds. The van der Waals surface area contributed by atoms with Crippen molar-refractivity contribution in [2.45, 2.75) is 24.7 Å². The Morgan fingerprint density at radius 3 is 0.963 bits per heavy atom. The lowest BCUT2D eigenvalue weighted by molar-refractivity contribution is -0.144. The second kappa shape index (κ2) is 12.4. The first-order valence-electron chi connectivity index (χ1n) is 14.8. The van der Waals surface area contributed by atoms with Gasteiger partial charge in [-0.3, -0.25) is 0 Å². The number of hydrogen-bond donors (Lipinski definition) is 0. The standard InChI is InChI=1S/C38H12F12N4/c1-53-29(15-51)31-27-11-17(19-7-21(35(39,40)41)13-22(8-19)36(42,43)44)3-5-25(27)34-32(30(16-52)54-2)28-12-18(4-6-26(28)33(31)34)20-9-23(37(45,46)47)14-24(10-20)38(48,49)50/h3-14H/b31-29-,32-30+. The molecule has 54 heavy (non-hydrogen) atoms. The number of hydrogen-bond acceptors (Lipinski definition) is 2. The maximum absolute atomic E-state index is 13.7. The van der Waals surface area contributed by atoms with Crippen molar-refractivity contribution in [2.75, 3.05) is 0 Å². The van der Waals surface area contributed by atoms with E-state index < -0.39 is 69.5 Å². The molecule has 4 aromatic rings. The highest BCUT2D eigenvalue weighted by Crippen LogP contribution is 2.60. The van der Waals surface area contributed by atoms with Crippen LogP contribution in [-0.2, 0) is 24.7 Å². The van der Waals surface area contributed by atoms with Crippen LogP contribution in [0, 0.1) is 35.8 Å². The minimum Gasteiger partial charge on any atom is -0.226 e. The van der Waals surface area contributed by atoms with Crippen LogP contribution in [0.5, 0.6) is 0 Å². The summed E-state index contributed by atoms with van der Waals surface area (Å²) in [6, 6.07) is 12.2. The Hall–Kier alpha value is -6.78. The minimum absolute atomic E-state index is 0.0164. The van der Waals surface area contributed by atoms with E-state index >= 15 is 0 Å². The molecule has 0 bridgehead atoms. The number of rotatable bonds is 2. The van der Waals surface area contributed by atoms with E-state index in [1.165, 1.54) is 12.1 Å². The van der Waals surface area contributed by atoms with Gasteiger partial charge < -0.3 is 0 Å². The fraction of sp³-hybridized carbons (Fsp3) is 0.105. The van der Waals surface area contributed by atoms with E-state index in [2.05, 4.69) is 9.69 Å². The predicted octanol–water partition coefficient (Wildman–Crippen LogP) is 12.3. The zero-order valence-electron chi connectivity index (χ0n) is 26.3. The van der Waals surface area contributed by atoms with Gasteiger partial charge in [0.2, 0.25) is 0 Å². The van der Waals surface area contributed by atoms with E-state index in [0.717, 1.165) is 24.3 Å². The zero-order chi connectivity index (χ0) is 39.7. The van der Waals surface area contributed by atoms with Crippen LogP contribution >= 0.6 is 0 Å². The van der Waals surface area contributed by atoms with Gasteiger partial charge in [0.25, 0.3) is 11.4 Å². The summed E-state index contributed by atoms with van der Waals surface area (Å²) in [5.41, 5.74) is -9.46. The van der Waals surface area contributed by atoms with Crippen LogP contribution in [0.4, 0.5) is 52.7 Å². The Balaban J connectivity index is 1.62. The summed E-state index contributed by atoms with van der Waals surface area (Å²) in [4.78, 5) is 6.48. The molecule has 0 fully saturated rings. The smallest absolute Gasteiger partial charge is 0.226 e. The van der Waals surface area contributed by atoms with Gasteiger partial charge in [-0.15, -0.1) is 0 Å². The van der Waals surface area contributed by atoms with Gasteiger partial charge in [0, 0.05) is 11.1 Å². The Labute approximate surface area is 296 Å². The van der Waals surface area contributed by atoms with Crippen LogP contribution in [0.2, 0.25) is 0 Å². The molecular formula is C38H12F12N4. The Bertz CT molecular complexity index is 2310. The Morgan fingerprint density at radius 1 is 0.426 bits per heavy atom. The maximum atomic E-state index is 13.7. The fourth-order valence-corrected chi connectivity index (χ4v) is 6.36. The highest BCUT2D eigenvalue weighted by molar-refractivity contribution is 6.37. The monoisotopic (exact) mass is 752 g/mol. The molecular weight excluding hydrogens is 740 g/mol. The van der Waals surface area contributed by atoms with E-state index in [0.29, 0.717) is 24.3 Å². The van der Waals surface area contributed by atoms with Gasteiger partial charge in [-0.25, -0.2) is 20.2 Å². The summed E-state index contributed by atoms with van der Waals surface area (Å²) in [5.74, 6) is 0. The predicted molar refractivity (Wildman–Crippen MR) is 169 cm³/mol. The number of halogens is 12. The molecule has 6 rings (SSSR count). The van der Waals surface area contributed by atoms with Crippen LogP contribution in [-0.4, -0.2) is 0 Å². The van der Waals surface area contributed by atoms with Gasteiger partial charge in [0.05, 0.1) is 47.5 Å². The zero-order valence-corrected chi connectivity index (χ0v) is 26.3. The Kier molecular flexibility index (Phi) is 8.51. The first-order valence-corrected chi connectivity index (χ1v) is 14.8. The minimum atomic E-state index is -5.18. The van der Waals surface area contributed by atoms with Crippen molar-refractivity contribution < 1.29 is 52.7 Å². The van der Waals surface area contributed by atoms with Crippen molar-refractivity contribution >= 4 is 22.3 Å². The molecule has 2 aliphatic carbocycles. The van der Waals surface area contributed by atoms with Crippen molar-refractivity contribution in [1.29, 1.82) is 10.5 Å². The molecule has 4 nitrogen and oxygen atoms in total. The highest BCUT2D eigenvalue weighted by Gasteiger charge is 2.42. The van der Waals surface area contributed by atoms with Gasteiger partial charge in [-0.1, -0.05) is 24.3 Å². The van der Waals surface area contributed by atoms with Crippen molar-refractivity contribution in [3.8, 4) is 34.4 Å². The summed E-state index contributed by atoms with van der Waals surface area (Å²) in [7, 11) is 0. The van der Waals surface area contributed by atoms with E-state index in [1.807, 2.05) is 0 Å². The van der Waals surface area contributed by atoms with Gasteiger partial charge in [-0.2, -0.15) is 52.7 Å². The molecule has 0 heterocycles. The summed E-state index contributed by atoms with van der Waals surface area (Å²) in [6.45, 7) is 15.4. The topological polar surface area (TPSA) is 56.3 Å². The Morgan fingerprint density at radius 2 is 0.722 bits per heavy atom. The van der Waals surface area contributed by atoms with Crippen molar-refractivity contribution in [3.05, 3.63) is 152 Å². The van der Waals surface area contributed by atoms with Gasteiger partial charge in [-0.05, 0) is 104 Å². The van der Waals surface area contributed by atoms with Gasteiger partial charge in [0.1, 0.15) is 0 Å². The van der Waals surface area contributed by atoms with Crippen LogP contribution in [0.25, 0.3) is 54.2 Å². The summed E-state index contributed by atoms with van der Waals surface area (Å²) in [6.07, 6.45) is -20.7. The second-order valence-corrected chi connectivity index (χ2v) is 11.8. The van der Waals surface area contributed by atoms with Gasteiger partial charge >= 0.3 is 24.7 Å². The lowest BCUT2D eigenvalue weighted by atomic mass is 9.87. The fourth-order valence-electron chi connectivity index (χ4n) is 6.36. The van der Waals surface area contributed by atoms with E-state index in [-0.39, 0.29) is 67.8 Å². The SMILES string of the molecule is [C-]#[N+]/C(C#N)=C1C2=C(/C(=C(\C#N)[N+]#[C-])c3cc(-c4cc(C(F)(F)F)cc(C(F)(F)F)c4)ccc32)c2ccc(-c3cc(C(F)(F)F)cc(C(F)(F)F)c3)cc2\1. The molecule has 0 saturated heterocycles. The lowest BCUT2D eigenvalue weighted by Crippen LogP contribution is -2.11. The third kappa shape index (κ3) is 6.22. The number of nitrogens with zero attached hydrogens (tertiary/aromatic N) is 4. The second-order valence-electron chi connectivity index (χ2n) is 11.8. The first kappa shape index (κ1) is 37.0. The number of benzene rings is 4. The first-order chi connectivity index (χ1) is 25.1. The number of nitriles is 2. The average Bonchev–Trinajstić information content (AvgIpc) is 3.59. The van der Waals surface area contributed by atoms with Crippen LogP contribution in [0.3, 0.4) is 0 Å². The van der Waals surface area contributed by atoms with Crippen molar-refractivity contribution in [2.24, 2.45) is 0 Å². The maximum Gasteiger partial charge on any atom is 0.416 e. The molecule has 0 spiro atoms. The number of alkyl halides is 12. The molecule has 0 atom stereocenters. The molecule has 16 heteroatoms. The van der Waals surface area contributed by atoms with Crippen molar-refractivity contribution in [1.82, 2.24) is 0 Å². The summed E-state index contributed by atoms with van der Waals surface area (Å²) in [5, 5.41) is 19.9. The molecule has 0 aliphatic heterocycles. The highest BCUT2D eigenvalue weighted by atomic mass is 19.4. The summed E-state index contributed by atoms with van der Waals surface area (Å²) >= 11 is 0. The molecule has 0 unspecified atom stereocenters. The number of allylic oxidation sites excluding steroid dienone is 6. The average molecular weight is 753 g/mol. The molecule has 2 aliphatic rings. The van der Waals surface area contributed by atoms with Crippen LogP contribution < -0.4 is 0 Å². The van der Waals surface area contributed by atoms with Crippen LogP contribution in [0.1, 0.15) is 44.5 Å². The largest absolute Gasteiger partial charge is 0.416 e. The summed E-state index contributed by atoms with van der Waals surface area (Å²) < 4.78 is 164.